The molecule has 26 heavy (non-hydrogen) atoms. The fourth-order valence-corrected chi connectivity index (χ4v) is 5.67. The molecule has 0 fully saturated rings. The van der Waals surface area contributed by atoms with Gasteiger partial charge in [0.15, 0.2) is 5.03 Å². The summed E-state index contributed by atoms with van der Waals surface area (Å²) in [5, 5.41) is 5.39. The predicted octanol–water partition coefficient (Wildman–Crippen LogP) is 2.53. The van der Waals surface area contributed by atoms with Crippen LogP contribution in [0.1, 0.15) is 10.4 Å². The molecule has 0 aliphatic rings. The Morgan fingerprint density at radius 2 is 1.50 bits per heavy atom. The zero-order valence-electron chi connectivity index (χ0n) is 14.3. The van der Waals surface area contributed by atoms with Crippen LogP contribution >= 0.6 is 30.3 Å². The Morgan fingerprint density at radius 1 is 0.923 bits per heavy atom. The molecule has 0 aromatic heterocycles. The molecule has 3 rings (SSSR count). The van der Waals surface area contributed by atoms with Crippen LogP contribution in [0.15, 0.2) is 78.9 Å². The molecule has 0 aliphatic carbocycles. The van der Waals surface area contributed by atoms with Gasteiger partial charge < -0.3 is 4.74 Å². The average Bonchev–Trinajstić information content (AvgIpc) is 2.70. The minimum Gasteiger partial charge on any atom is -0.465 e. The molecule has 0 atom stereocenters. The van der Waals surface area contributed by atoms with Crippen molar-refractivity contribution in [3.63, 3.8) is 0 Å². The van der Waals surface area contributed by atoms with Gasteiger partial charge in [-0.2, -0.15) is 22.4 Å². The van der Waals surface area contributed by atoms with Gasteiger partial charge in [-0.15, -0.1) is 0 Å². The molecule has 3 aromatic rings. The lowest BCUT2D eigenvalue weighted by molar-refractivity contribution is 0.0602. The molecule has 3 aromatic carbocycles. The fourth-order valence-electron chi connectivity index (χ4n) is 2.77. The van der Waals surface area contributed by atoms with Crippen LogP contribution in [0, 0.1) is 0 Å². The number of benzene rings is 3. The van der Waals surface area contributed by atoms with Gasteiger partial charge in [-0.3, -0.25) is 0 Å². The van der Waals surface area contributed by atoms with Crippen LogP contribution < -0.4 is 21.4 Å². The van der Waals surface area contributed by atoms with E-state index < -0.39 is 7.92 Å². The normalized spacial score (nSPS) is 10.4. The molecule has 0 amide bonds. The van der Waals surface area contributed by atoms with E-state index in [1.807, 2.05) is 60.7 Å². The van der Waals surface area contributed by atoms with E-state index in [-0.39, 0.29) is 5.97 Å². The average molecular weight is 468 g/mol. The van der Waals surface area contributed by atoms with Crippen LogP contribution in [-0.4, -0.2) is 25.3 Å². The van der Waals surface area contributed by atoms with Crippen LogP contribution in [0.4, 0.5) is 0 Å². The predicted molar refractivity (Wildman–Crippen MR) is 122 cm³/mol. The van der Waals surface area contributed by atoms with Gasteiger partial charge in [-0.1, -0.05) is 78.3 Å². The molecule has 0 heterocycles. The van der Waals surface area contributed by atoms with Gasteiger partial charge in [0.25, 0.3) is 0 Å². The first-order chi connectivity index (χ1) is 12.7. The molecule has 0 spiro atoms. The first-order valence-electron chi connectivity index (χ1n) is 8.14. The molecular formula is C20H16B2IO2P. The monoisotopic (exact) mass is 468 g/mol. The second-order valence-corrected chi connectivity index (χ2v) is 8.47. The standard InChI is InChI=1S/C20H16B2IO2P/c1-25-20(24)18-13-12-15(21-22-23)14-19(18)26(16-8-4-2-5-9-16)17-10-6-3-7-11-17/h2-14H,1H3. The Morgan fingerprint density at radius 3 is 2.00 bits per heavy atom. The lowest BCUT2D eigenvalue weighted by Gasteiger charge is -2.22. The number of carbonyl (C=O) groups is 1. The number of halogens is 1. The number of esters is 1. The van der Waals surface area contributed by atoms with E-state index in [4.69, 9.17) is 4.74 Å². The van der Waals surface area contributed by atoms with Crippen LogP contribution in [-0.2, 0) is 4.74 Å². The summed E-state index contributed by atoms with van der Waals surface area (Å²) in [7, 11) is 2.60. The van der Waals surface area contributed by atoms with E-state index in [0.717, 1.165) is 10.8 Å². The highest BCUT2D eigenvalue weighted by Crippen LogP contribution is 2.33. The topological polar surface area (TPSA) is 26.3 Å². The van der Waals surface area contributed by atoms with E-state index in [2.05, 4.69) is 52.7 Å². The third kappa shape index (κ3) is 4.39. The number of methoxy groups -OCH3 is 1. The maximum absolute atomic E-state index is 12.4. The van der Waals surface area contributed by atoms with Crippen molar-refractivity contribution in [1.29, 1.82) is 0 Å². The first kappa shape index (κ1) is 19.2. The number of ether oxygens (including phenoxy) is 1. The van der Waals surface area contributed by atoms with Crippen molar-refractivity contribution in [2.45, 2.75) is 0 Å². The van der Waals surface area contributed by atoms with Crippen molar-refractivity contribution < 1.29 is 9.53 Å². The lowest BCUT2D eigenvalue weighted by Crippen LogP contribution is -2.30. The quantitative estimate of drug-likeness (QED) is 0.241. The van der Waals surface area contributed by atoms with Crippen molar-refractivity contribution in [3.8, 4) is 0 Å². The van der Waals surface area contributed by atoms with Crippen LogP contribution in [0.2, 0.25) is 0 Å². The van der Waals surface area contributed by atoms with Crippen molar-refractivity contribution in [2.75, 3.05) is 7.11 Å². The minimum atomic E-state index is -0.869. The van der Waals surface area contributed by atoms with Crippen LogP contribution in [0.25, 0.3) is 0 Å². The molecule has 126 valence electrons. The maximum atomic E-state index is 12.4. The number of carbonyl (C=O) groups excluding carboxylic acids is 1. The van der Waals surface area contributed by atoms with Gasteiger partial charge in [-0.05, 0) is 29.9 Å². The lowest BCUT2D eigenvalue weighted by atomic mass is 9.51. The second kappa shape index (κ2) is 9.38. The van der Waals surface area contributed by atoms with Gasteiger partial charge >= 0.3 is 5.97 Å². The highest BCUT2D eigenvalue weighted by atomic mass is 127. The van der Waals surface area contributed by atoms with E-state index in [1.165, 1.54) is 17.7 Å². The van der Waals surface area contributed by atoms with E-state index >= 15 is 0 Å². The van der Waals surface area contributed by atoms with Gasteiger partial charge in [0.1, 0.15) is 7.17 Å². The summed E-state index contributed by atoms with van der Waals surface area (Å²) in [6, 6.07) is 26.6. The first-order valence-corrected chi connectivity index (χ1v) is 10.7. The second-order valence-electron chi connectivity index (χ2n) is 5.57. The maximum Gasteiger partial charge on any atom is 0.338 e. The smallest absolute Gasteiger partial charge is 0.338 e. The molecule has 0 saturated heterocycles. The summed E-state index contributed by atoms with van der Waals surface area (Å²) in [6.45, 7) is 0. The highest BCUT2D eigenvalue weighted by molar-refractivity contribution is 14.1. The number of hydrogen-bond donors (Lipinski definition) is 0. The summed E-state index contributed by atoms with van der Waals surface area (Å²) < 4.78 is 5.05. The molecular weight excluding hydrogens is 452 g/mol. The Labute approximate surface area is 170 Å². The molecule has 2 radical (unpaired) electrons. The Hall–Kier alpha value is -1.58. The largest absolute Gasteiger partial charge is 0.465 e. The van der Waals surface area contributed by atoms with E-state index in [9.17, 15) is 4.79 Å². The van der Waals surface area contributed by atoms with Crippen molar-refractivity contribution >= 4 is 69.8 Å². The SMILES string of the molecule is COC(=O)c1ccc([B][B]I)cc1P(c1ccccc1)c1ccccc1. The number of hydrogen-bond acceptors (Lipinski definition) is 2. The van der Waals surface area contributed by atoms with Crippen LogP contribution in [0.3, 0.4) is 0 Å². The summed E-state index contributed by atoms with van der Waals surface area (Å²) in [6.07, 6.45) is 0. The summed E-state index contributed by atoms with van der Waals surface area (Å²) in [5.74, 6) is -0.302. The van der Waals surface area contributed by atoms with E-state index in [0.29, 0.717) is 5.56 Å². The van der Waals surface area contributed by atoms with Gasteiger partial charge in [0.05, 0.1) is 12.7 Å². The molecule has 2 nitrogen and oxygen atoms in total. The fraction of sp³-hybridized carbons (Fsp3) is 0.0500. The molecule has 6 heteroatoms. The van der Waals surface area contributed by atoms with Crippen molar-refractivity contribution in [2.24, 2.45) is 0 Å². The van der Waals surface area contributed by atoms with Crippen molar-refractivity contribution in [3.05, 3.63) is 84.4 Å². The molecule has 0 aliphatic heterocycles. The zero-order valence-corrected chi connectivity index (χ0v) is 17.4. The van der Waals surface area contributed by atoms with Gasteiger partial charge in [0.2, 0.25) is 0 Å². The number of rotatable bonds is 6. The Kier molecular flexibility index (Phi) is 6.93. The summed E-state index contributed by atoms with van der Waals surface area (Å²) in [5.41, 5.74) is 1.69. The Balaban J connectivity index is 2.22. The highest BCUT2D eigenvalue weighted by Gasteiger charge is 2.23. The van der Waals surface area contributed by atoms with Gasteiger partial charge in [-0.25, -0.2) is 4.79 Å². The summed E-state index contributed by atoms with van der Waals surface area (Å²) >= 11 is 2.21. The molecule has 0 unspecified atom stereocenters. The summed E-state index contributed by atoms with van der Waals surface area (Å²) in [4.78, 5) is 12.4. The zero-order chi connectivity index (χ0) is 18.4. The molecule has 0 bridgehead atoms. The van der Waals surface area contributed by atoms with Crippen LogP contribution in [0.5, 0.6) is 0 Å². The molecule has 0 N–H and O–H groups in total. The Bertz CT molecular complexity index is 836. The van der Waals surface area contributed by atoms with Gasteiger partial charge in [0, 0.05) is 0 Å². The van der Waals surface area contributed by atoms with Crippen molar-refractivity contribution in [1.82, 2.24) is 0 Å². The third-order valence-corrected chi connectivity index (χ3v) is 6.79. The third-order valence-electron chi connectivity index (χ3n) is 3.95. The molecule has 0 saturated carbocycles. The minimum absolute atomic E-state index is 0.302. The van der Waals surface area contributed by atoms with E-state index in [1.54, 1.807) is 0 Å².